The van der Waals surface area contributed by atoms with Crippen LogP contribution in [0.4, 0.5) is 0 Å². The lowest BCUT2D eigenvalue weighted by Crippen LogP contribution is -2.30. The van der Waals surface area contributed by atoms with Crippen molar-refractivity contribution in [3.63, 3.8) is 0 Å². The molecule has 1 N–H and O–H groups in total. The molecule has 2 atom stereocenters. The van der Waals surface area contributed by atoms with Gasteiger partial charge in [-0.05, 0) is 25.8 Å². The molecule has 134 valence electrons. The number of rotatable bonds is 5. The van der Waals surface area contributed by atoms with Crippen LogP contribution in [0, 0.1) is 0 Å². The highest BCUT2D eigenvalue weighted by atomic mass is 16.5. The van der Waals surface area contributed by atoms with E-state index >= 15 is 0 Å². The highest BCUT2D eigenvalue weighted by molar-refractivity contribution is 5.94. The second kappa shape index (κ2) is 7.23. The first-order valence-electron chi connectivity index (χ1n) is 8.48. The molecule has 2 aromatic rings. The van der Waals surface area contributed by atoms with Crippen LogP contribution in [0.1, 0.15) is 47.3 Å². The number of aromatic nitrogens is 3. The standard InChI is InChI=1S/C18H24N4O3/c1-11-9-14-16(12(2)25-11)21-22(3)17(14)18(23)19-8-7-13-5-6-15(24-4)20-10-13/h5-6,10-12H,7-9H2,1-4H3,(H,19,23)/t11-,12+/m1/s1. The number of hydrogen-bond acceptors (Lipinski definition) is 5. The first-order chi connectivity index (χ1) is 12.0. The van der Waals surface area contributed by atoms with E-state index in [4.69, 9.17) is 9.47 Å². The lowest BCUT2D eigenvalue weighted by Gasteiger charge is -2.24. The molecule has 0 aliphatic carbocycles. The molecule has 0 saturated carbocycles. The van der Waals surface area contributed by atoms with Crippen molar-refractivity contribution < 1.29 is 14.3 Å². The fourth-order valence-electron chi connectivity index (χ4n) is 3.23. The normalized spacial score (nSPS) is 19.4. The minimum absolute atomic E-state index is 0.0862. The molecule has 7 nitrogen and oxygen atoms in total. The zero-order valence-corrected chi connectivity index (χ0v) is 15.1. The van der Waals surface area contributed by atoms with Crippen molar-refractivity contribution in [1.29, 1.82) is 0 Å². The van der Waals surface area contributed by atoms with Crippen molar-refractivity contribution in [1.82, 2.24) is 20.1 Å². The van der Waals surface area contributed by atoms with Crippen molar-refractivity contribution in [3.8, 4) is 5.88 Å². The highest BCUT2D eigenvalue weighted by Gasteiger charge is 2.31. The Morgan fingerprint density at radius 3 is 2.92 bits per heavy atom. The van der Waals surface area contributed by atoms with Crippen LogP contribution < -0.4 is 10.1 Å². The largest absolute Gasteiger partial charge is 0.481 e. The predicted molar refractivity (Wildman–Crippen MR) is 92.7 cm³/mol. The van der Waals surface area contributed by atoms with Gasteiger partial charge in [-0.25, -0.2) is 4.98 Å². The molecule has 0 spiro atoms. The number of aryl methyl sites for hydroxylation is 1. The first kappa shape index (κ1) is 17.4. The van der Waals surface area contributed by atoms with Gasteiger partial charge in [0.25, 0.3) is 5.91 Å². The van der Waals surface area contributed by atoms with Gasteiger partial charge in [0.2, 0.25) is 5.88 Å². The van der Waals surface area contributed by atoms with E-state index in [-0.39, 0.29) is 18.1 Å². The number of nitrogens with one attached hydrogen (secondary N) is 1. The molecule has 0 radical (unpaired) electrons. The van der Waals surface area contributed by atoms with Crippen molar-refractivity contribution >= 4 is 5.91 Å². The Labute approximate surface area is 147 Å². The number of methoxy groups -OCH3 is 1. The molecular formula is C18H24N4O3. The van der Waals surface area contributed by atoms with Crippen LogP contribution in [0.2, 0.25) is 0 Å². The maximum atomic E-state index is 12.7. The molecule has 3 heterocycles. The molecule has 1 aliphatic heterocycles. The second-order valence-corrected chi connectivity index (χ2v) is 6.34. The summed E-state index contributed by atoms with van der Waals surface area (Å²) in [6.07, 6.45) is 3.18. The molecule has 25 heavy (non-hydrogen) atoms. The maximum Gasteiger partial charge on any atom is 0.269 e. The van der Waals surface area contributed by atoms with Crippen LogP contribution >= 0.6 is 0 Å². The number of ether oxygens (including phenoxy) is 2. The van der Waals surface area contributed by atoms with Gasteiger partial charge < -0.3 is 14.8 Å². The summed E-state index contributed by atoms with van der Waals surface area (Å²) in [5.41, 5.74) is 3.54. The summed E-state index contributed by atoms with van der Waals surface area (Å²) < 4.78 is 12.5. The predicted octanol–water partition coefficient (Wildman–Crippen LogP) is 1.82. The van der Waals surface area contributed by atoms with E-state index in [1.165, 1.54) is 0 Å². The van der Waals surface area contributed by atoms with Crippen LogP contribution in [-0.4, -0.2) is 40.4 Å². The van der Waals surface area contributed by atoms with E-state index in [0.717, 1.165) is 16.8 Å². The van der Waals surface area contributed by atoms with Crippen LogP contribution in [0.25, 0.3) is 0 Å². The van der Waals surface area contributed by atoms with Gasteiger partial charge in [-0.2, -0.15) is 5.10 Å². The Hall–Kier alpha value is -2.41. The number of pyridine rings is 1. The topological polar surface area (TPSA) is 78.3 Å². The molecule has 1 aliphatic rings. The lowest BCUT2D eigenvalue weighted by atomic mass is 9.99. The molecule has 3 rings (SSSR count). The van der Waals surface area contributed by atoms with Gasteiger partial charge in [0, 0.05) is 37.8 Å². The minimum Gasteiger partial charge on any atom is -0.481 e. The van der Waals surface area contributed by atoms with E-state index in [2.05, 4.69) is 15.4 Å². The number of hydrogen-bond donors (Lipinski definition) is 1. The monoisotopic (exact) mass is 344 g/mol. The summed E-state index contributed by atoms with van der Waals surface area (Å²) in [7, 11) is 3.39. The van der Waals surface area contributed by atoms with Gasteiger partial charge in [-0.15, -0.1) is 0 Å². The summed E-state index contributed by atoms with van der Waals surface area (Å²) in [6, 6.07) is 3.77. The van der Waals surface area contributed by atoms with Crippen molar-refractivity contribution in [2.24, 2.45) is 7.05 Å². The molecule has 2 aromatic heterocycles. The van der Waals surface area contributed by atoms with E-state index in [1.807, 2.05) is 26.0 Å². The minimum atomic E-state index is -0.0981. The van der Waals surface area contributed by atoms with Crippen molar-refractivity contribution in [2.75, 3.05) is 13.7 Å². The van der Waals surface area contributed by atoms with Crippen LogP contribution in [0.5, 0.6) is 5.88 Å². The van der Waals surface area contributed by atoms with E-state index < -0.39 is 0 Å². The van der Waals surface area contributed by atoms with Gasteiger partial charge in [-0.3, -0.25) is 9.48 Å². The second-order valence-electron chi connectivity index (χ2n) is 6.34. The third-order valence-electron chi connectivity index (χ3n) is 4.41. The summed E-state index contributed by atoms with van der Waals surface area (Å²) in [5.74, 6) is 0.485. The Bertz CT molecular complexity index is 754. The van der Waals surface area contributed by atoms with Crippen LogP contribution in [0.15, 0.2) is 18.3 Å². The fourth-order valence-corrected chi connectivity index (χ4v) is 3.23. The van der Waals surface area contributed by atoms with E-state index in [1.54, 1.807) is 25.0 Å². The van der Waals surface area contributed by atoms with Gasteiger partial charge in [0.05, 0.1) is 25.0 Å². The van der Waals surface area contributed by atoms with Gasteiger partial charge in [0.1, 0.15) is 5.69 Å². The summed E-state index contributed by atoms with van der Waals surface area (Å²) >= 11 is 0. The van der Waals surface area contributed by atoms with E-state index in [0.29, 0.717) is 31.0 Å². The lowest BCUT2D eigenvalue weighted by molar-refractivity contribution is -0.00709. The highest BCUT2D eigenvalue weighted by Crippen LogP contribution is 2.31. The third-order valence-corrected chi connectivity index (χ3v) is 4.41. The molecular weight excluding hydrogens is 320 g/mol. The number of nitrogens with zero attached hydrogens (tertiary/aromatic N) is 3. The smallest absolute Gasteiger partial charge is 0.269 e. The summed E-state index contributed by atoms with van der Waals surface area (Å²) in [6.45, 7) is 4.53. The molecule has 0 bridgehead atoms. The van der Waals surface area contributed by atoms with Crippen LogP contribution in [-0.2, 0) is 24.6 Å². The Balaban J connectivity index is 1.65. The number of carbonyl (C=O) groups is 1. The number of carbonyl (C=O) groups excluding carboxylic acids is 1. The Morgan fingerprint density at radius 2 is 2.24 bits per heavy atom. The molecule has 0 fully saturated rings. The zero-order chi connectivity index (χ0) is 18.0. The quantitative estimate of drug-likeness (QED) is 0.895. The summed E-state index contributed by atoms with van der Waals surface area (Å²) in [5, 5.41) is 7.46. The maximum absolute atomic E-state index is 12.7. The molecule has 0 unspecified atom stereocenters. The van der Waals surface area contributed by atoms with Crippen molar-refractivity contribution in [2.45, 2.75) is 38.9 Å². The molecule has 0 saturated heterocycles. The number of amides is 1. The van der Waals surface area contributed by atoms with Gasteiger partial charge >= 0.3 is 0 Å². The molecule has 1 amide bonds. The average molecular weight is 344 g/mol. The average Bonchev–Trinajstić information content (AvgIpc) is 2.92. The van der Waals surface area contributed by atoms with Crippen molar-refractivity contribution in [3.05, 3.63) is 40.8 Å². The van der Waals surface area contributed by atoms with Gasteiger partial charge in [-0.1, -0.05) is 6.07 Å². The molecule has 0 aromatic carbocycles. The number of fused-ring (bicyclic) bond motifs is 1. The van der Waals surface area contributed by atoms with E-state index in [9.17, 15) is 4.79 Å². The fraction of sp³-hybridized carbons (Fsp3) is 0.500. The Kier molecular flexibility index (Phi) is 5.03. The SMILES string of the molecule is COc1ccc(CCNC(=O)c2c3c(nn2C)[C@H](C)O[C@H](C)C3)cn1. The first-order valence-corrected chi connectivity index (χ1v) is 8.48. The zero-order valence-electron chi connectivity index (χ0n) is 15.1. The van der Waals surface area contributed by atoms with Gasteiger partial charge in [0.15, 0.2) is 0 Å². The molecule has 7 heteroatoms. The van der Waals surface area contributed by atoms with Crippen LogP contribution in [0.3, 0.4) is 0 Å². The third kappa shape index (κ3) is 3.66. The Morgan fingerprint density at radius 1 is 1.44 bits per heavy atom. The summed E-state index contributed by atoms with van der Waals surface area (Å²) in [4.78, 5) is 16.8.